The van der Waals surface area contributed by atoms with Crippen molar-refractivity contribution in [3.63, 3.8) is 0 Å². The molecule has 0 N–H and O–H groups in total. The summed E-state index contributed by atoms with van der Waals surface area (Å²) < 4.78 is 11.5. The minimum absolute atomic E-state index is 0.0293. The molecule has 3 aliphatic carbocycles. The maximum atomic E-state index is 12.7. The fraction of sp³-hybridized carbons (Fsp3) is 0.519. The summed E-state index contributed by atoms with van der Waals surface area (Å²) in [5, 5.41) is 0. The molecule has 0 bridgehead atoms. The molecular weight excluding hydrogens is 402 g/mol. The summed E-state index contributed by atoms with van der Waals surface area (Å²) in [7, 11) is 0. The Morgan fingerprint density at radius 1 is 1.16 bits per heavy atom. The van der Waals surface area contributed by atoms with E-state index in [4.69, 9.17) is 9.47 Å². The van der Waals surface area contributed by atoms with E-state index in [0.29, 0.717) is 35.5 Å². The molecule has 0 amide bonds. The molecule has 32 heavy (non-hydrogen) atoms. The Labute approximate surface area is 189 Å². The summed E-state index contributed by atoms with van der Waals surface area (Å²) in [5.41, 5.74) is 3.32. The predicted octanol–water partition coefficient (Wildman–Crippen LogP) is 5.48. The maximum absolute atomic E-state index is 12.7. The van der Waals surface area contributed by atoms with Gasteiger partial charge >= 0.3 is 11.9 Å². The average Bonchev–Trinajstić information content (AvgIpc) is 3.15. The Hall–Kier alpha value is -2.69. The second-order valence-electron chi connectivity index (χ2n) is 9.86. The third-order valence-electron chi connectivity index (χ3n) is 8.28. The minimum Gasteiger partial charge on any atom is -0.458 e. The number of aryl methyl sites for hydroxylation is 1. The fourth-order valence-corrected chi connectivity index (χ4v) is 6.65. The van der Waals surface area contributed by atoms with Gasteiger partial charge in [-0.15, -0.1) is 0 Å². The van der Waals surface area contributed by atoms with E-state index in [-0.39, 0.29) is 23.5 Å². The smallest absolute Gasteiger partial charge is 0.339 e. The van der Waals surface area contributed by atoms with E-state index in [1.807, 2.05) is 13.0 Å². The van der Waals surface area contributed by atoms with Crippen molar-refractivity contribution in [3.05, 3.63) is 59.4 Å². The third kappa shape index (κ3) is 3.62. The van der Waals surface area contributed by atoms with Crippen molar-refractivity contribution in [2.24, 2.45) is 17.3 Å². The molecule has 1 aromatic carbocycles. The van der Waals surface area contributed by atoms with Crippen LogP contribution in [0.2, 0.25) is 0 Å². The Bertz CT molecular complexity index is 1020. The molecule has 2 aromatic rings. The Morgan fingerprint density at radius 3 is 2.81 bits per heavy atom. The zero-order valence-electron chi connectivity index (χ0n) is 18.9. The van der Waals surface area contributed by atoms with Gasteiger partial charge in [0.25, 0.3) is 0 Å². The number of carbonyl (C=O) groups excluding carboxylic acids is 2. The van der Waals surface area contributed by atoms with Gasteiger partial charge in [-0.25, -0.2) is 4.79 Å². The molecule has 1 aromatic heterocycles. The van der Waals surface area contributed by atoms with E-state index in [1.54, 1.807) is 24.5 Å². The van der Waals surface area contributed by atoms with Crippen molar-refractivity contribution < 1.29 is 19.1 Å². The van der Waals surface area contributed by atoms with Gasteiger partial charge in [0.1, 0.15) is 11.9 Å². The highest BCUT2D eigenvalue weighted by molar-refractivity contribution is 5.89. The van der Waals surface area contributed by atoms with Gasteiger partial charge in [-0.05, 0) is 91.7 Å². The molecule has 1 heterocycles. The zero-order valence-corrected chi connectivity index (χ0v) is 18.9. The predicted molar refractivity (Wildman–Crippen MR) is 120 cm³/mol. The van der Waals surface area contributed by atoms with Crippen molar-refractivity contribution >= 4 is 11.9 Å². The number of nitrogens with zero attached hydrogens (tertiary/aromatic N) is 1. The first kappa shape index (κ1) is 21.2. The number of carbonyl (C=O) groups is 2. The highest BCUT2D eigenvalue weighted by Gasteiger charge is 2.56. The van der Waals surface area contributed by atoms with Crippen molar-refractivity contribution in [2.75, 3.05) is 0 Å². The van der Waals surface area contributed by atoms with Crippen LogP contribution >= 0.6 is 0 Å². The molecule has 5 rings (SSSR count). The van der Waals surface area contributed by atoms with Crippen LogP contribution in [0.25, 0.3) is 0 Å². The molecule has 0 unspecified atom stereocenters. The fourth-order valence-electron chi connectivity index (χ4n) is 6.65. The molecule has 5 nitrogen and oxygen atoms in total. The van der Waals surface area contributed by atoms with Crippen LogP contribution < -0.4 is 4.74 Å². The van der Waals surface area contributed by atoms with Gasteiger partial charge in [0, 0.05) is 24.2 Å². The van der Waals surface area contributed by atoms with E-state index in [1.165, 1.54) is 11.1 Å². The summed E-state index contributed by atoms with van der Waals surface area (Å²) in [6.07, 6.45) is 10.00. The Kier molecular flexibility index (Phi) is 5.52. The molecule has 0 radical (unpaired) electrons. The van der Waals surface area contributed by atoms with Crippen LogP contribution in [0, 0.1) is 17.3 Å². The van der Waals surface area contributed by atoms with Crippen LogP contribution in [0.1, 0.15) is 79.8 Å². The number of hydrogen-bond acceptors (Lipinski definition) is 5. The van der Waals surface area contributed by atoms with Gasteiger partial charge in [-0.3, -0.25) is 9.78 Å². The van der Waals surface area contributed by atoms with Crippen molar-refractivity contribution in [1.82, 2.24) is 4.98 Å². The molecule has 0 aliphatic heterocycles. The Balaban J connectivity index is 1.33. The number of fused-ring (bicyclic) bond motifs is 5. The number of pyridine rings is 1. The van der Waals surface area contributed by atoms with E-state index in [0.717, 1.165) is 38.5 Å². The number of ether oxygens (including phenoxy) is 2. The van der Waals surface area contributed by atoms with Crippen LogP contribution in [0.5, 0.6) is 5.75 Å². The second-order valence-corrected chi connectivity index (χ2v) is 9.86. The molecule has 2 saturated carbocycles. The first-order valence-electron chi connectivity index (χ1n) is 11.9. The average molecular weight is 434 g/mol. The monoisotopic (exact) mass is 433 g/mol. The summed E-state index contributed by atoms with van der Waals surface area (Å²) in [6.45, 7) is 4.15. The lowest BCUT2D eigenvalue weighted by Gasteiger charge is -2.50. The number of hydrogen-bond donors (Lipinski definition) is 0. The standard InChI is InChI=1S/C27H31NO4/c1-3-25(29)31-19-7-9-20-17(15-19)6-8-22-21(20)12-13-27(2)23(22)10-11-24(27)32-26(30)18-5-4-14-28-16-18/h4-5,7,9,14-16,21-24H,3,6,8,10-13H2,1-2H3/t21-,22-,23+,24-,27-/m0/s1. The minimum atomic E-state index is -0.254. The molecular formula is C27H31NO4. The van der Waals surface area contributed by atoms with E-state index in [9.17, 15) is 9.59 Å². The van der Waals surface area contributed by atoms with E-state index < -0.39 is 0 Å². The van der Waals surface area contributed by atoms with Crippen molar-refractivity contribution in [3.8, 4) is 5.75 Å². The molecule has 3 aliphatic rings. The van der Waals surface area contributed by atoms with E-state index in [2.05, 4.69) is 24.0 Å². The highest BCUT2D eigenvalue weighted by Crippen LogP contribution is 2.61. The normalized spacial score (nSPS) is 30.6. The number of aromatic nitrogens is 1. The third-order valence-corrected chi connectivity index (χ3v) is 8.28. The highest BCUT2D eigenvalue weighted by atomic mass is 16.5. The molecule has 5 atom stereocenters. The van der Waals surface area contributed by atoms with Crippen LogP contribution in [0.3, 0.4) is 0 Å². The lowest BCUT2D eigenvalue weighted by Crippen LogP contribution is -2.45. The number of esters is 2. The quantitative estimate of drug-likeness (QED) is 0.472. The van der Waals surface area contributed by atoms with Gasteiger partial charge in [0.05, 0.1) is 5.56 Å². The Morgan fingerprint density at radius 2 is 2.03 bits per heavy atom. The molecule has 2 fully saturated rings. The summed E-state index contributed by atoms with van der Waals surface area (Å²) in [6, 6.07) is 9.75. The van der Waals surface area contributed by atoms with Crippen LogP contribution in [0.15, 0.2) is 42.7 Å². The summed E-state index contributed by atoms with van der Waals surface area (Å²) in [4.78, 5) is 28.4. The van der Waals surface area contributed by atoms with Crippen molar-refractivity contribution in [2.45, 2.75) is 70.8 Å². The lowest BCUT2D eigenvalue weighted by molar-refractivity contribution is -0.134. The van der Waals surface area contributed by atoms with Gasteiger partial charge in [-0.2, -0.15) is 0 Å². The summed E-state index contributed by atoms with van der Waals surface area (Å²) >= 11 is 0. The topological polar surface area (TPSA) is 65.5 Å². The first-order chi connectivity index (χ1) is 15.5. The molecule has 0 spiro atoms. The zero-order chi connectivity index (χ0) is 22.3. The van der Waals surface area contributed by atoms with Crippen LogP contribution in [-0.2, 0) is 16.0 Å². The maximum Gasteiger partial charge on any atom is 0.339 e. The largest absolute Gasteiger partial charge is 0.458 e. The summed E-state index contributed by atoms with van der Waals surface area (Å²) in [5.74, 6) is 1.95. The van der Waals surface area contributed by atoms with Gasteiger partial charge in [0.2, 0.25) is 0 Å². The molecule has 0 saturated heterocycles. The SMILES string of the molecule is CCC(=O)Oc1ccc2c(c1)CC[C@@H]1[C@H]3CC[C@H](OC(=O)c4cccnc4)[C@@]3(C)CC[C@@H]21. The number of rotatable bonds is 4. The van der Waals surface area contributed by atoms with Crippen LogP contribution in [-0.4, -0.2) is 23.0 Å². The van der Waals surface area contributed by atoms with Gasteiger partial charge < -0.3 is 9.47 Å². The molecule has 168 valence electrons. The van der Waals surface area contributed by atoms with E-state index >= 15 is 0 Å². The van der Waals surface area contributed by atoms with Crippen LogP contribution in [0.4, 0.5) is 0 Å². The second kappa shape index (κ2) is 8.34. The lowest BCUT2D eigenvalue weighted by atomic mass is 9.55. The first-order valence-corrected chi connectivity index (χ1v) is 11.9. The molecule has 5 heteroatoms. The van der Waals surface area contributed by atoms with Crippen molar-refractivity contribution in [1.29, 1.82) is 0 Å². The van der Waals surface area contributed by atoms with Gasteiger partial charge in [-0.1, -0.05) is 19.9 Å². The number of benzene rings is 1. The van der Waals surface area contributed by atoms with Gasteiger partial charge in [0.15, 0.2) is 0 Å².